The summed E-state index contributed by atoms with van der Waals surface area (Å²) in [5.41, 5.74) is 0. The van der Waals surface area contributed by atoms with Gasteiger partial charge in [-0.1, -0.05) is 0 Å². The average molecular weight is 388 g/mol. The van der Waals surface area contributed by atoms with Crippen molar-refractivity contribution < 1.29 is 78.6 Å². The molecule has 0 aliphatic carbocycles. The molecule has 0 aromatic carbocycles. The van der Waals surface area contributed by atoms with E-state index in [0.29, 0.717) is 0 Å². The van der Waals surface area contributed by atoms with Crippen LogP contribution in [0.5, 0.6) is 0 Å². The Kier molecular flexibility index (Phi) is 90.7. The molecule has 0 saturated heterocycles. The first-order valence-corrected chi connectivity index (χ1v) is 4.60. The molecular weight excluding hydrogens is 387 g/mol. The van der Waals surface area contributed by atoms with Gasteiger partial charge in [-0.05, 0) is 0 Å². The van der Waals surface area contributed by atoms with Crippen LogP contribution in [0.15, 0.2) is 0 Å². The second-order valence-electron chi connectivity index (χ2n) is 0.0745. The fourth-order valence-corrected chi connectivity index (χ4v) is 0. The third-order valence-corrected chi connectivity index (χ3v) is 0. The van der Waals surface area contributed by atoms with Crippen LogP contribution in [0.2, 0.25) is 0 Å². The Balaban J connectivity index is -0.00000000667. The van der Waals surface area contributed by atoms with Crippen LogP contribution in [0.25, 0.3) is 0 Å². The maximum Gasteiger partial charge on any atom is 0 e. The fourth-order valence-electron chi connectivity index (χ4n) is 0. The smallest absolute Gasteiger partial charge is 0 e. The van der Waals surface area contributed by atoms with Gasteiger partial charge in [-0.25, -0.2) is 0 Å². The van der Waals surface area contributed by atoms with E-state index in [9.17, 15) is 0 Å². The molecule has 0 saturated carbocycles. The molecular formula is HMo2S2Zn2. The van der Waals surface area contributed by atoms with E-state index in [1.165, 1.54) is 8.50 Å². The molecule has 0 amide bonds. The molecule has 0 N–H and O–H groups in total. The summed E-state index contributed by atoms with van der Waals surface area (Å²) >= 11 is 5.56. The second kappa shape index (κ2) is 23.9. The SMILES string of the molecule is S[S][Mo].[Mo].[Zn].[Zn]. The van der Waals surface area contributed by atoms with Crippen molar-refractivity contribution in [2.45, 2.75) is 0 Å². The van der Waals surface area contributed by atoms with Gasteiger partial charge in [0.25, 0.3) is 0 Å². The minimum atomic E-state index is 0. The molecule has 0 aromatic rings. The summed E-state index contributed by atoms with van der Waals surface area (Å²) in [4.78, 5) is 0. The minimum absolute atomic E-state index is 0. The molecule has 0 fully saturated rings. The molecule has 0 bridgehead atoms. The second-order valence-corrected chi connectivity index (χ2v) is 3.97. The van der Waals surface area contributed by atoms with Crippen molar-refractivity contribution in [3.05, 3.63) is 0 Å². The Morgan fingerprint density at radius 2 is 1.33 bits per heavy atom. The van der Waals surface area contributed by atoms with Crippen LogP contribution in [-0.2, 0) is 78.6 Å². The van der Waals surface area contributed by atoms with Gasteiger partial charge in [0, 0.05) is 60.0 Å². The van der Waals surface area contributed by atoms with Gasteiger partial charge in [-0.2, -0.15) is 0 Å². The van der Waals surface area contributed by atoms with Crippen LogP contribution < -0.4 is 0 Å². The van der Waals surface area contributed by atoms with Crippen LogP contribution in [0, 0.1) is 0 Å². The summed E-state index contributed by atoms with van der Waals surface area (Å²) in [5.74, 6) is 0. The zero-order valence-corrected chi connectivity index (χ0v) is 14.7. The predicted octanol–water partition coefficient (Wildman–Crippen LogP) is 1.02. The van der Waals surface area contributed by atoms with E-state index in [1.54, 1.807) is 0 Å². The van der Waals surface area contributed by atoms with Crippen molar-refractivity contribution in [3.8, 4) is 0 Å². The van der Waals surface area contributed by atoms with Gasteiger partial charge in [0.1, 0.15) is 0 Å². The Labute approximate surface area is 96.9 Å². The van der Waals surface area contributed by atoms with E-state index in [2.05, 4.69) is 11.7 Å². The van der Waals surface area contributed by atoms with Crippen molar-refractivity contribution in [3.63, 3.8) is 0 Å². The zero-order chi connectivity index (χ0) is 2.71. The van der Waals surface area contributed by atoms with Gasteiger partial charge in [0.05, 0.1) is 0 Å². The average Bonchev–Trinajstić information content (AvgIpc) is 0.918. The number of thiol groups is 1. The van der Waals surface area contributed by atoms with E-state index < -0.39 is 0 Å². The molecule has 0 atom stereocenters. The van der Waals surface area contributed by atoms with Gasteiger partial charge in [-0.15, -0.1) is 0 Å². The summed E-state index contributed by atoms with van der Waals surface area (Å²) in [6.45, 7) is 0. The van der Waals surface area contributed by atoms with Gasteiger partial charge in [0.15, 0.2) is 0 Å². The van der Waals surface area contributed by atoms with Gasteiger partial charge >= 0.3 is 38.7 Å². The third kappa shape index (κ3) is 26.5. The largest absolute Gasteiger partial charge is 0 e. The molecule has 0 rings (SSSR count). The van der Waals surface area contributed by atoms with E-state index in [0.717, 1.165) is 0 Å². The summed E-state index contributed by atoms with van der Waals surface area (Å²) in [6.07, 6.45) is 0. The molecule has 29 valence electrons. The minimum Gasteiger partial charge on any atom is 0 e. The molecule has 0 aliphatic heterocycles. The molecule has 0 aliphatic rings. The first-order chi connectivity index (χ1) is 1.41. The van der Waals surface area contributed by atoms with Crippen LogP contribution in [-0.4, -0.2) is 0 Å². The Morgan fingerprint density at radius 1 is 1.33 bits per heavy atom. The third-order valence-electron chi connectivity index (χ3n) is 0. The molecule has 0 heterocycles. The van der Waals surface area contributed by atoms with E-state index >= 15 is 0 Å². The molecule has 6 heavy (non-hydrogen) atoms. The fraction of sp³-hybridized carbons (Fsp3) is 0. The Hall–Kier alpha value is 3.32. The Bertz CT molecular complexity index is 9.51. The maximum absolute atomic E-state index is 3.71. The predicted molar refractivity (Wildman–Crippen MR) is 16.6 cm³/mol. The van der Waals surface area contributed by atoms with E-state index in [1.807, 2.05) is 18.5 Å². The van der Waals surface area contributed by atoms with Crippen molar-refractivity contribution in [1.82, 2.24) is 0 Å². The molecule has 0 nitrogen and oxygen atoms in total. The monoisotopic (exact) mass is 389 g/mol. The maximum atomic E-state index is 3.71. The number of hydrogen-bond donors (Lipinski definition) is 1. The van der Waals surface area contributed by atoms with Gasteiger partial charge in [-0.3, -0.25) is 0 Å². The summed E-state index contributed by atoms with van der Waals surface area (Å²) < 4.78 is 0. The van der Waals surface area contributed by atoms with Crippen molar-refractivity contribution >= 4 is 20.2 Å². The van der Waals surface area contributed by atoms with Crippen LogP contribution >= 0.6 is 20.2 Å². The van der Waals surface area contributed by atoms with Gasteiger partial charge in [0.2, 0.25) is 0 Å². The molecule has 0 spiro atoms. The van der Waals surface area contributed by atoms with E-state index in [4.69, 9.17) is 0 Å². The summed E-state index contributed by atoms with van der Waals surface area (Å²) in [7, 11) is 1.45. The quantitative estimate of drug-likeness (QED) is 0.368. The first-order valence-electron chi connectivity index (χ1n) is 0.349. The van der Waals surface area contributed by atoms with Crippen molar-refractivity contribution in [2.75, 3.05) is 0 Å². The normalized spacial score (nSPS) is 2.83. The van der Waals surface area contributed by atoms with Crippen LogP contribution in [0.3, 0.4) is 0 Å². The molecule has 0 radical (unpaired) electrons. The van der Waals surface area contributed by atoms with Crippen molar-refractivity contribution in [1.29, 1.82) is 0 Å². The standard InChI is InChI=1S/2Mo.H2S2.2Zn/c;;1-2;;/h;;1-2H;;/q;+1;;;/p-1. The molecule has 0 unspecified atom stereocenters. The van der Waals surface area contributed by atoms with Crippen LogP contribution in [0.1, 0.15) is 0 Å². The molecule has 6 heteroatoms. The topological polar surface area (TPSA) is 0 Å². The van der Waals surface area contributed by atoms with E-state index in [-0.39, 0.29) is 60.0 Å². The number of hydrogen-bond acceptors (Lipinski definition) is 2. The summed E-state index contributed by atoms with van der Waals surface area (Å²) in [6, 6.07) is 0. The zero-order valence-electron chi connectivity index (χ0n) is 3.09. The Morgan fingerprint density at radius 3 is 1.33 bits per heavy atom. The number of rotatable bonds is 0. The summed E-state index contributed by atoms with van der Waals surface area (Å²) in [5, 5.41) is 0. The first kappa shape index (κ1) is 22.8. The van der Waals surface area contributed by atoms with Crippen molar-refractivity contribution in [2.24, 2.45) is 0 Å². The molecule has 0 aromatic heterocycles. The van der Waals surface area contributed by atoms with Gasteiger partial charge < -0.3 is 0 Å². The van der Waals surface area contributed by atoms with Crippen LogP contribution in [0.4, 0.5) is 0 Å².